The molecule has 1 amide bonds. The third kappa shape index (κ3) is 5.60. The molecule has 184 valence electrons. The van der Waals surface area contributed by atoms with Crippen LogP contribution in [0.1, 0.15) is 37.0 Å². The van der Waals surface area contributed by atoms with E-state index in [4.69, 9.17) is 9.47 Å². The monoisotopic (exact) mass is 486 g/mol. The highest BCUT2D eigenvalue weighted by molar-refractivity contribution is 6.01. The zero-order valence-corrected chi connectivity index (χ0v) is 20.0. The Hall–Kier alpha value is -4.46. The number of ketones is 1. The zero-order valence-electron chi connectivity index (χ0n) is 20.0. The van der Waals surface area contributed by atoms with Gasteiger partial charge in [-0.25, -0.2) is 9.80 Å². The summed E-state index contributed by atoms with van der Waals surface area (Å²) < 4.78 is 10.6. The molecule has 0 aromatic heterocycles. The number of para-hydroxylation sites is 2. The lowest BCUT2D eigenvalue weighted by atomic mass is 10.0. The van der Waals surface area contributed by atoms with Crippen LogP contribution in [-0.4, -0.2) is 30.2 Å². The number of Topliss-reactive ketones (excluding diaryl/α,β-unsaturated/α-hetero) is 1. The first-order chi connectivity index (χ1) is 17.3. The number of carbonyl (C=O) groups is 4. The Morgan fingerprint density at radius 2 is 1.50 bits per heavy atom. The van der Waals surface area contributed by atoms with E-state index >= 15 is 0 Å². The van der Waals surface area contributed by atoms with E-state index in [1.54, 1.807) is 41.4 Å². The number of amides is 1. The van der Waals surface area contributed by atoms with E-state index < -0.39 is 11.9 Å². The number of hydrazine groups is 1. The van der Waals surface area contributed by atoms with Crippen molar-refractivity contribution in [1.29, 1.82) is 0 Å². The van der Waals surface area contributed by atoms with Gasteiger partial charge in [0, 0.05) is 13.3 Å². The molecule has 1 aliphatic heterocycles. The van der Waals surface area contributed by atoms with Crippen LogP contribution >= 0.6 is 0 Å². The van der Waals surface area contributed by atoms with Crippen LogP contribution in [0.15, 0.2) is 78.9 Å². The fraction of sp³-hybridized carbons (Fsp3) is 0.214. The predicted molar refractivity (Wildman–Crippen MR) is 134 cm³/mol. The maximum absolute atomic E-state index is 13.2. The van der Waals surface area contributed by atoms with Crippen molar-refractivity contribution < 1.29 is 28.7 Å². The highest BCUT2D eigenvalue weighted by atomic mass is 16.5. The van der Waals surface area contributed by atoms with Crippen molar-refractivity contribution in [3.63, 3.8) is 0 Å². The van der Waals surface area contributed by atoms with Gasteiger partial charge in [0.1, 0.15) is 22.8 Å². The standard InChI is InChI=1S/C28H26N2O6/c1-19(31)12-13-21-18-29(30(27(21)33)23-8-4-3-5-9-23)22-14-16-24(17-15-22)36-28(34)25-10-6-7-11-26(25)35-20(2)32/h3-11,14-17,21H,12-13,18H2,1-2H3. The average Bonchev–Trinajstić information content (AvgIpc) is 3.19. The van der Waals surface area contributed by atoms with Gasteiger partial charge in [0.2, 0.25) is 0 Å². The molecule has 3 aromatic rings. The number of carbonyl (C=O) groups excluding carboxylic acids is 4. The van der Waals surface area contributed by atoms with Crippen LogP contribution in [0.3, 0.4) is 0 Å². The summed E-state index contributed by atoms with van der Waals surface area (Å²) in [5.41, 5.74) is 1.59. The van der Waals surface area contributed by atoms with Gasteiger partial charge in [0.05, 0.1) is 23.8 Å². The zero-order chi connectivity index (χ0) is 25.7. The van der Waals surface area contributed by atoms with Gasteiger partial charge in [0.25, 0.3) is 5.91 Å². The fourth-order valence-corrected chi connectivity index (χ4v) is 4.04. The van der Waals surface area contributed by atoms with Crippen LogP contribution in [0.25, 0.3) is 0 Å². The predicted octanol–water partition coefficient (Wildman–Crippen LogP) is 4.58. The molecule has 1 saturated heterocycles. The summed E-state index contributed by atoms with van der Waals surface area (Å²) in [6.07, 6.45) is 0.821. The Kier molecular flexibility index (Phi) is 7.44. The van der Waals surface area contributed by atoms with Crippen molar-refractivity contribution in [2.75, 3.05) is 16.6 Å². The third-order valence-corrected chi connectivity index (χ3v) is 5.74. The second-order valence-corrected chi connectivity index (χ2v) is 8.48. The van der Waals surface area contributed by atoms with Crippen LogP contribution in [0.2, 0.25) is 0 Å². The Morgan fingerprint density at radius 3 is 2.17 bits per heavy atom. The highest BCUT2D eigenvalue weighted by Gasteiger charge is 2.39. The molecule has 4 rings (SSSR count). The largest absolute Gasteiger partial charge is 0.426 e. The maximum atomic E-state index is 13.2. The summed E-state index contributed by atoms with van der Waals surface area (Å²) in [4.78, 5) is 48.8. The van der Waals surface area contributed by atoms with Crippen molar-refractivity contribution in [3.05, 3.63) is 84.4 Å². The molecular weight excluding hydrogens is 460 g/mol. The van der Waals surface area contributed by atoms with Crippen LogP contribution in [-0.2, 0) is 14.4 Å². The highest BCUT2D eigenvalue weighted by Crippen LogP contribution is 2.33. The SMILES string of the molecule is CC(=O)CCC1CN(c2ccc(OC(=O)c3ccccc3OC(C)=O)cc2)N(c2ccccc2)C1=O. The minimum absolute atomic E-state index is 0.0500. The number of esters is 2. The molecule has 8 heteroatoms. The van der Waals surface area contributed by atoms with Gasteiger partial charge >= 0.3 is 11.9 Å². The number of hydrogen-bond acceptors (Lipinski definition) is 7. The molecule has 1 unspecified atom stereocenters. The first kappa shape index (κ1) is 24.7. The van der Waals surface area contributed by atoms with E-state index in [0.29, 0.717) is 25.1 Å². The molecule has 3 aromatic carbocycles. The van der Waals surface area contributed by atoms with E-state index in [1.807, 2.05) is 35.3 Å². The molecule has 1 aliphatic rings. The molecular formula is C28H26N2O6. The number of hydrogen-bond donors (Lipinski definition) is 0. The smallest absolute Gasteiger partial charge is 0.347 e. The van der Waals surface area contributed by atoms with Crippen LogP contribution in [0.5, 0.6) is 11.5 Å². The first-order valence-electron chi connectivity index (χ1n) is 11.6. The molecule has 1 fully saturated rings. The quantitative estimate of drug-likeness (QED) is 0.340. The molecule has 0 N–H and O–H groups in total. The number of ether oxygens (including phenoxy) is 2. The Labute approximate surface area is 209 Å². The number of rotatable bonds is 8. The Balaban J connectivity index is 1.54. The third-order valence-electron chi connectivity index (χ3n) is 5.74. The summed E-state index contributed by atoms with van der Waals surface area (Å²) >= 11 is 0. The van der Waals surface area contributed by atoms with Gasteiger partial charge < -0.3 is 14.3 Å². The number of nitrogens with zero attached hydrogens (tertiary/aromatic N) is 2. The van der Waals surface area contributed by atoms with Crippen LogP contribution < -0.4 is 19.5 Å². The number of benzene rings is 3. The van der Waals surface area contributed by atoms with Crippen molar-refractivity contribution >= 4 is 35.0 Å². The van der Waals surface area contributed by atoms with Crippen molar-refractivity contribution in [2.24, 2.45) is 5.92 Å². The summed E-state index contributed by atoms with van der Waals surface area (Å²) in [6, 6.07) is 22.5. The van der Waals surface area contributed by atoms with E-state index in [0.717, 1.165) is 11.4 Å². The van der Waals surface area contributed by atoms with Gasteiger partial charge in [-0.05, 0) is 61.9 Å². The van der Waals surface area contributed by atoms with E-state index in [2.05, 4.69) is 0 Å². The van der Waals surface area contributed by atoms with Crippen LogP contribution in [0.4, 0.5) is 11.4 Å². The van der Waals surface area contributed by atoms with Crippen LogP contribution in [0, 0.1) is 5.92 Å². The van der Waals surface area contributed by atoms with Gasteiger partial charge in [-0.3, -0.25) is 14.6 Å². The molecule has 0 spiro atoms. The molecule has 0 radical (unpaired) electrons. The summed E-state index contributed by atoms with van der Waals surface area (Å²) in [7, 11) is 0. The minimum Gasteiger partial charge on any atom is -0.426 e. The summed E-state index contributed by atoms with van der Waals surface area (Å²) in [5, 5.41) is 3.49. The Bertz CT molecular complexity index is 1270. The average molecular weight is 487 g/mol. The normalized spacial score (nSPS) is 15.1. The molecule has 1 atom stereocenters. The lowest BCUT2D eigenvalue weighted by Gasteiger charge is -2.29. The van der Waals surface area contributed by atoms with E-state index in [9.17, 15) is 19.2 Å². The summed E-state index contributed by atoms with van der Waals surface area (Å²) in [6.45, 7) is 3.21. The molecule has 8 nitrogen and oxygen atoms in total. The lowest BCUT2D eigenvalue weighted by Crippen LogP contribution is -2.39. The van der Waals surface area contributed by atoms with Crippen molar-refractivity contribution in [2.45, 2.75) is 26.7 Å². The second kappa shape index (κ2) is 10.9. The first-order valence-corrected chi connectivity index (χ1v) is 11.6. The van der Waals surface area contributed by atoms with Gasteiger partial charge in [0.15, 0.2) is 0 Å². The van der Waals surface area contributed by atoms with Crippen molar-refractivity contribution in [1.82, 2.24) is 0 Å². The molecule has 0 aliphatic carbocycles. The second-order valence-electron chi connectivity index (χ2n) is 8.48. The molecule has 36 heavy (non-hydrogen) atoms. The van der Waals surface area contributed by atoms with Gasteiger partial charge in [-0.2, -0.15) is 0 Å². The summed E-state index contributed by atoms with van der Waals surface area (Å²) in [5.74, 6) is -1.11. The molecule has 1 heterocycles. The lowest BCUT2D eigenvalue weighted by molar-refractivity contribution is -0.132. The molecule has 0 bridgehead atoms. The number of anilines is 2. The maximum Gasteiger partial charge on any atom is 0.347 e. The van der Waals surface area contributed by atoms with E-state index in [-0.39, 0.29) is 28.9 Å². The minimum atomic E-state index is -0.661. The fourth-order valence-electron chi connectivity index (χ4n) is 4.04. The van der Waals surface area contributed by atoms with Gasteiger partial charge in [-0.1, -0.05) is 30.3 Å². The Morgan fingerprint density at radius 1 is 0.833 bits per heavy atom. The van der Waals surface area contributed by atoms with E-state index in [1.165, 1.54) is 26.0 Å². The molecule has 0 saturated carbocycles. The topological polar surface area (TPSA) is 93.2 Å². The van der Waals surface area contributed by atoms with Crippen molar-refractivity contribution in [3.8, 4) is 11.5 Å². The van der Waals surface area contributed by atoms with Gasteiger partial charge in [-0.15, -0.1) is 0 Å².